The first-order chi connectivity index (χ1) is 8.16. The maximum absolute atomic E-state index is 5.80. The van der Waals surface area contributed by atoms with E-state index in [1.54, 1.807) is 24.4 Å². The largest absolute Gasteiger partial charge is 0.491 e. The highest BCUT2D eigenvalue weighted by Gasteiger charge is 2.03. The monoisotopic (exact) mass is 251 g/mol. The quantitative estimate of drug-likeness (QED) is 0.849. The van der Waals surface area contributed by atoms with Gasteiger partial charge in [0.1, 0.15) is 11.6 Å². The Balaban J connectivity index is 1.92. The van der Waals surface area contributed by atoms with Crippen LogP contribution in [0.4, 0.5) is 5.69 Å². The number of nitrogen functional groups attached to an aromatic ring is 1. The fourth-order valence-electron chi connectivity index (χ4n) is 1.54. The molecule has 90 valence electrons. The molecule has 0 unspecified atom stereocenters. The van der Waals surface area contributed by atoms with Gasteiger partial charge in [-0.3, -0.25) is 0 Å². The normalized spacial score (nSPS) is 10.5. The van der Waals surface area contributed by atoms with Crippen molar-refractivity contribution in [2.45, 2.75) is 6.42 Å². The Morgan fingerprint density at radius 1 is 1.47 bits per heavy atom. The van der Waals surface area contributed by atoms with Crippen molar-refractivity contribution >= 4 is 17.3 Å². The molecule has 0 bridgehead atoms. The van der Waals surface area contributed by atoms with E-state index < -0.39 is 0 Å². The van der Waals surface area contributed by atoms with E-state index in [1.807, 2.05) is 17.8 Å². The number of aryl methyl sites for hydroxylation is 1. The summed E-state index contributed by atoms with van der Waals surface area (Å²) in [6.07, 6.45) is 4.42. The van der Waals surface area contributed by atoms with Crippen LogP contribution in [0.3, 0.4) is 0 Å². The summed E-state index contributed by atoms with van der Waals surface area (Å²) in [5.74, 6) is 1.64. The van der Waals surface area contributed by atoms with E-state index in [1.165, 1.54) is 0 Å². The first kappa shape index (κ1) is 11.8. The lowest BCUT2D eigenvalue weighted by atomic mass is 10.3. The topological polar surface area (TPSA) is 53.1 Å². The molecule has 17 heavy (non-hydrogen) atoms. The third kappa shape index (κ3) is 2.91. The van der Waals surface area contributed by atoms with Gasteiger partial charge in [-0.15, -0.1) is 0 Å². The van der Waals surface area contributed by atoms with Crippen molar-refractivity contribution in [2.75, 3.05) is 12.3 Å². The Labute approximate surface area is 105 Å². The number of halogens is 1. The number of rotatable bonds is 4. The summed E-state index contributed by atoms with van der Waals surface area (Å²) < 4.78 is 7.55. The Bertz CT molecular complexity index is 510. The van der Waals surface area contributed by atoms with Gasteiger partial charge >= 0.3 is 0 Å². The van der Waals surface area contributed by atoms with Crippen molar-refractivity contribution in [2.24, 2.45) is 7.05 Å². The second kappa shape index (κ2) is 5.10. The minimum atomic E-state index is 0.538. The molecule has 1 aromatic carbocycles. The second-order valence-corrected chi connectivity index (χ2v) is 4.17. The predicted octanol–water partition coefficient (Wildman–Crippen LogP) is 2.28. The molecular weight excluding hydrogens is 238 g/mol. The Hall–Kier alpha value is -1.68. The van der Waals surface area contributed by atoms with Crippen molar-refractivity contribution in [1.29, 1.82) is 0 Å². The molecule has 2 rings (SSSR count). The third-order valence-corrected chi connectivity index (χ3v) is 2.71. The molecule has 0 aliphatic carbocycles. The molecule has 0 fully saturated rings. The Morgan fingerprint density at radius 2 is 2.29 bits per heavy atom. The molecule has 5 heteroatoms. The molecule has 0 aliphatic heterocycles. The van der Waals surface area contributed by atoms with E-state index in [-0.39, 0.29) is 0 Å². The molecule has 1 heterocycles. The van der Waals surface area contributed by atoms with E-state index in [0.717, 1.165) is 12.2 Å². The van der Waals surface area contributed by atoms with Crippen LogP contribution in [-0.4, -0.2) is 16.2 Å². The molecule has 0 saturated heterocycles. The summed E-state index contributed by atoms with van der Waals surface area (Å²) in [4.78, 5) is 4.21. The summed E-state index contributed by atoms with van der Waals surface area (Å²) in [5, 5.41) is 0.610. The molecule has 0 aliphatic rings. The van der Waals surface area contributed by atoms with Gasteiger partial charge in [0, 0.05) is 30.9 Å². The highest BCUT2D eigenvalue weighted by Crippen LogP contribution is 2.24. The number of anilines is 1. The van der Waals surface area contributed by atoms with Crippen LogP contribution >= 0.6 is 11.6 Å². The van der Waals surface area contributed by atoms with E-state index in [9.17, 15) is 0 Å². The van der Waals surface area contributed by atoms with E-state index in [4.69, 9.17) is 22.1 Å². The van der Waals surface area contributed by atoms with Gasteiger partial charge in [0.05, 0.1) is 12.3 Å². The van der Waals surface area contributed by atoms with E-state index >= 15 is 0 Å². The fourth-order valence-corrected chi connectivity index (χ4v) is 1.72. The van der Waals surface area contributed by atoms with Crippen LogP contribution in [0.2, 0.25) is 5.02 Å². The van der Waals surface area contributed by atoms with Crippen LogP contribution in [0.1, 0.15) is 5.82 Å². The number of nitrogens with two attached hydrogens (primary N) is 1. The summed E-state index contributed by atoms with van der Waals surface area (Å²) in [6.45, 7) is 0.538. The van der Waals surface area contributed by atoms with Gasteiger partial charge in [-0.25, -0.2) is 4.98 Å². The molecule has 2 aromatic rings. The minimum absolute atomic E-state index is 0.538. The van der Waals surface area contributed by atoms with Crippen molar-refractivity contribution in [3.63, 3.8) is 0 Å². The van der Waals surface area contributed by atoms with Gasteiger partial charge in [0.15, 0.2) is 0 Å². The lowest BCUT2D eigenvalue weighted by Gasteiger charge is -2.08. The van der Waals surface area contributed by atoms with Crippen molar-refractivity contribution < 1.29 is 4.74 Å². The van der Waals surface area contributed by atoms with Crippen molar-refractivity contribution in [3.8, 4) is 5.75 Å². The maximum Gasteiger partial charge on any atom is 0.142 e. The number of hydrogen-bond donors (Lipinski definition) is 1. The van der Waals surface area contributed by atoms with Crippen LogP contribution in [0.25, 0.3) is 0 Å². The van der Waals surface area contributed by atoms with Gasteiger partial charge in [-0.2, -0.15) is 0 Å². The minimum Gasteiger partial charge on any atom is -0.491 e. The van der Waals surface area contributed by atoms with Crippen LogP contribution < -0.4 is 10.5 Å². The molecule has 0 saturated carbocycles. The molecule has 1 aromatic heterocycles. The predicted molar refractivity (Wildman–Crippen MR) is 68.3 cm³/mol. The Kier molecular flexibility index (Phi) is 3.54. The zero-order chi connectivity index (χ0) is 12.3. The number of ether oxygens (including phenoxy) is 1. The number of imidazole rings is 1. The van der Waals surface area contributed by atoms with Crippen LogP contribution in [0.15, 0.2) is 30.6 Å². The van der Waals surface area contributed by atoms with Gasteiger partial charge in [-0.1, -0.05) is 11.6 Å². The van der Waals surface area contributed by atoms with Gasteiger partial charge in [0.25, 0.3) is 0 Å². The molecule has 0 amide bonds. The molecule has 2 N–H and O–H groups in total. The average Bonchev–Trinajstić information content (AvgIpc) is 2.68. The van der Waals surface area contributed by atoms with E-state index in [0.29, 0.717) is 23.1 Å². The molecule has 0 spiro atoms. The maximum atomic E-state index is 5.80. The summed E-state index contributed by atoms with van der Waals surface area (Å²) in [5.41, 5.74) is 6.33. The number of benzene rings is 1. The summed E-state index contributed by atoms with van der Waals surface area (Å²) >= 11 is 5.80. The molecular formula is C12H14ClN3O. The van der Waals surface area contributed by atoms with Crippen molar-refractivity contribution in [3.05, 3.63) is 41.4 Å². The third-order valence-electron chi connectivity index (χ3n) is 2.48. The SMILES string of the molecule is Cn1ccnc1CCOc1ccc(Cl)cc1N. The van der Waals surface area contributed by atoms with Crippen molar-refractivity contribution in [1.82, 2.24) is 9.55 Å². The van der Waals surface area contributed by atoms with Crippen LogP contribution in [0.5, 0.6) is 5.75 Å². The highest BCUT2D eigenvalue weighted by molar-refractivity contribution is 6.30. The molecule has 0 atom stereocenters. The summed E-state index contributed by atoms with van der Waals surface area (Å²) in [6, 6.07) is 5.21. The first-order valence-electron chi connectivity index (χ1n) is 5.31. The highest BCUT2D eigenvalue weighted by atomic mass is 35.5. The average molecular weight is 252 g/mol. The van der Waals surface area contributed by atoms with Gasteiger partial charge in [-0.05, 0) is 18.2 Å². The first-order valence-corrected chi connectivity index (χ1v) is 5.68. The fraction of sp³-hybridized carbons (Fsp3) is 0.250. The summed E-state index contributed by atoms with van der Waals surface area (Å²) in [7, 11) is 1.96. The standard InChI is InChI=1S/C12H14ClN3O/c1-16-6-5-15-12(16)4-7-17-11-3-2-9(13)8-10(11)14/h2-3,5-6,8H,4,7,14H2,1H3. The lowest BCUT2D eigenvalue weighted by Crippen LogP contribution is -2.07. The van der Waals surface area contributed by atoms with Crippen LogP contribution in [-0.2, 0) is 13.5 Å². The number of hydrogen-bond acceptors (Lipinski definition) is 3. The second-order valence-electron chi connectivity index (χ2n) is 3.73. The van der Waals surface area contributed by atoms with Gasteiger partial charge in [0.2, 0.25) is 0 Å². The van der Waals surface area contributed by atoms with Crippen LogP contribution in [0, 0.1) is 0 Å². The lowest BCUT2D eigenvalue weighted by molar-refractivity contribution is 0.319. The Morgan fingerprint density at radius 3 is 2.94 bits per heavy atom. The van der Waals surface area contributed by atoms with E-state index in [2.05, 4.69) is 4.98 Å². The smallest absolute Gasteiger partial charge is 0.142 e. The zero-order valence-corrected chi connectivity index (χ0v) is 10.3. The van der Waals surface area contributed by atoms with Gasteiger partial charge < -0.3 is 15.0 Å². The molecule has 0 radical (unpaired) electrons. The zero-order valence-electron chi connectivity index (χ0n) is 9.56. The number of nitrogens with zero attached hydrogens (tertiary/aromatic N) is 2. The number of aromatic nitrogens is 2. The molecule has 4 nitrogen and oxygen atoms in total.